The molecule has 216 valence electrons. The van der Waals surface area contributed by atoms with Crippen molar-refractivity contribution in [3.63, 3.8) is 0 Å². The smallest absolute Gasteiger partial charge is 0.267 e. The van der Waals surface area contributed by atoms with Crippen LogP contribution < -0.4 is 5.73 Å². The number of rotatable bonds is 12. The third kappa shape index (κ3) is 7.22. The molecule has 2 N–H and O–H groups in total. The van der Waals surface area contributed by atoms with Gasteiger partial charge < -0.3 is 5.73 Å². The highest BCUT2D eigenvalue weighted by atomic mass is 32.2. The number of thiazole rings is 1. The number of nitrogens with zero attached hydrogens (tertiary/aromatic N) is 3. The van der Waals surface area contributed by atoms with Gasteiger partial charge in [-0.3, -0.25) is 14.6 Å². The number of Topliss-reactive ketones (excluding diaryl/α,β-unsaturated/α-hetero) is 1. The zero-order valence-electron chi connectivity index (χ0n) is 22.5. The largest absolute Gasteiger partial charge is 0.310 e. The number of hydrogen-bond donors (Lipinski definition) is 1. The molecule has 0 fully saturated rings. The summed E-state index contributed by atoms with van der Waals surface area (Å²) in [5.41, 5.74) is 9.58. The number of aromatic nitrogens is 2. The second kappa shape index (κ2) is 12.6. The summed E-state index contributed by atoms with van der Waals surface area (Å²) in [6.07, 6.45) is 1.81. The number of carbonyl (C=O) groups is 2. The maximum absolute atomic E-state index is 14.0. The van der Waals surface area contributed by atoms with E-state index in [1.807, 2.05) is 30.3 Å². The molecule has 1 amide bonds. The second-order valence-corrected chi connectivity index (χ2v) is 14.7. The van der Waals surface area contributed by atoms with Gasteiger partial charge in [0.05, 0.1) is 38.5 Å². The molecule has 0 radical (unpaired) electrons. The lowest BCUT2D eigenvalue weighted by molar-refractivity contribution is -0.131. The Kier molecular flexibility index (Phi) is 9.32. The Labute approximate surface area is 243 Å². The highest BCUT2D eigenvalue weighted by Gasteiger charge is 2.40. The van der Waals surface area contributed by atoms with Crippen molar-refractivity contribution in [3.8, 4) is 0 Å². The number of amides is 1. The standard InChI is InChI=1S/C28H30N4O6S3/c1-19(14-21-6-4-3-5-7-21)27(29)32(41(37,38)23-8-9-26-24(15-23)31-18-39-26)28(34)20(2)16-40(35,36)17-25(33)22-10-12-30-13-11-22/h3-13,15,18-20,27H,14,16-17,29H2,1-2H3/t19-,20?,27-/m0/s1. The van der Waals surface area contributed by atoms with Crippen LogP contribution in [-0.4, -0.2) is 60.5 Å². The van der Waals surface area contributed by atoms with Crippen LogP contribution in [0, 0.1) is 11.8 Å². The summed E-state index contributed by atoms with van der Waals surface area (Å²) in [7, 11) is -8.61. The highest BCUT2D eigenvalue weighted by Crippen LogP contribution is 2.28. The van der Waals surface area contributed by atoms with E-state index >= 15 is 0 Å². The van der Waals surface area contributed by atoms with E-state index in [-0.39, 0.29) is 10.5 Å². The highest BCUT2D eigenvalue weighted by molar-refractivity contribution is 7.92. The van der Waals surface area contributed by atoms with Crippen LogP contribution in [-0.2, 0) is 31.1 Å². The lowest BCUT2D eigenvalue weighted by Gasteiger charge is -2.34. The molecule has 10 nitrogen and oxygen atoms in total. The lowest BCUT2D eigenvalue weighted by Crippen LogP contribution is -2.55. The van der Waals surface area contributed by atoms with Gasteiger partial charge in [-0.25, -0.2) is 26.1 Å². The molecule has 2 aromatic carbocycles. The molecule has 2 aromatic heterocycles. The molecule has 1 unspecified atom stereocenters. The molecule has 4 aromatic rings. The number of fused-ring (bicyclic) bond motifs is 1. The maximum Gasteiger partial charge on any atom is 0.267 e. The van der Waals surface area contributed by atoms with Crippen LogP contribution in [0.4, 0.5) is 0 Å². The molecule has 0 aliphatic rings. The number of pyridine rings is 1. The summed E-state index contributed by atoms with van der Waals surface area (Å²) in [4.78, 5) is 34.1. The van der Waals surface area contributed by atoms with Crippen LogP contribution in [0.3, 0.4) is 0 Å². The van der Waals surface area contributed by atoms with Gasteiger partial charge in [0.15, 0.2) is 15.6 Å². The number of nitrogens with two attached hydrogens (primary N) is 1. The molecule has 2 heterocycles. The van der Waals surface area contributed by atoms with Gasteiger partial charge in [-0.05, 0) is 48.2 Å². The van der Waals surface area contributed by atoms with Gasteiger partial charge in [0, 0.05) is 18.0 Å². The van der Waals surface area contributed by atoms with Gasteiger partial charge in [-0.15, -0.1) is 11.3 Å². The molecule has 0 saturated heterocycles. The van der Waals surface area contributed by atoms with Gasteiger partial charge in [0.2, 0.25) is 5.91 Å². The Morgan fingerprint density at radius 1 is 0.976 bits per heavy atom. The fraction of sp³-hybridized carbons (Fsp3) is 0.286. The van der Waals surface area contributed by atoms with Crippen molar-refractivity contribution in [2.24, 2.45) is 17.6 Å². The molecule has 0 saturated carbocycles. The van der Waals surface area contributed by atoms with Gasteiger partial charge in [-0.2, -0.15) is 0 Å². The van der Waals surface area contributed by atoms with Crippen LogP contribution in [0.2, 0.25) is 0 Å². The summed E-state index contributed by atoms with van der Waals surface area (Å²) < 4.78 is 55.2. The molecule has 4 rings (SSSR count). The molecule has 0 bridgehead atoms. The van der Waals surface area contributed by atoms with Gasteiger partial charge in [-0.1, -0.05) is 44.2 Å². The molecule has 41 heavy (non-hydrogen) atoms. The molecule has 13 heteroatoms. The number of carbonyl (C=O) groups excluding carboxylic acids is 2. The Bertz CT molecular complexity index is 1740. The van der Waals surface area contributed by atoms with Crippen LogP contribution >= 0.6 is 11.3 Å². The van der Waals surface area contributed by atoms with E-state index in [1.165, 1.54) is 54.9 Å². The van der Waals surface area contributed by atoms with E-state index in [4.69, 9.17) is 5.73 Å². The fourth-order valence-electron chi connectivity index (χ4n) is 4.42. The molecule has 0 aliphatic heterocycles. The molecule has 0 spiro atoms. The van der Waals surface area contributed by atoms with E-state index in [0.717, 1.165) is 10.3 Å². The monoisotopic (exact) mass is 614 g/mol. The van der Waals surface area contributed by atoms with Gasteiger partial charge >= 0.3 is 0 Å². The first-order valence-corrected chi connectivity index (χ1v) is 16.9. The molecular formula is C28H30N4O6S3. The van der Waals surface area contributed by atoms with Crippen molar-refractivity contribution in [3.05, 3.63) is 89.7 Å². The Hall–Kier alpha value is -3.52. The zero-order chi connectivity index (χ0) is 29.8. The average molecular weight is 615 g/mol. The van der Waals surface area contributed by atoms with E-state index in [9.17, 15) is 26.4 Å². The zero-order valence-corrected chi connectivity index (χ0v) is 24.9. The summed E-state index contributed by atoms with van der Waals surface area (Å²) >= 11 is 1.34. The number of hydrogen-bond acceptors (Lipinski definition) is 10. The van der Waals surface area contributed by atoms with E-state index < -0.39 is 61.1 Å². The fourth-order valence-corrected chi connectivity index (χ4v) is 8.34. The van der Waals surface area contributed by atoms with Crippen molar-refractivity contribution in [2.75, 3.05) is 11.5 Å². The summed E-state index contributed by atoms with van der Waals surface area (Å²) in [5, 5.41) is 0. The number of sulfone groups is 1. The minimum atomic E-state index is -4.52. The first kappa shape index (κ1) is 30.4. The lowest BCUT2D eigenvalue weighted by atomic mass is 9.98. The Morgan fingerprint density at radius 2 is 1.66 bits per heavy atom. The first-order chi connectivity index (χ1) is 19.4. The van der Waals surface area contributed by atoms with Crippen molar-refractivity contribution in [2.45, 2.75) is 31.3 Å². The van der Waals surface area contributed by atoms with Crippen LogP contribution in [0.15, 0.2) is 83.5 Å². The Balaban J connectivity index is 1.63. The van der Waals surface area contributed by atoms with E-state index in [1.54, 1.807) is 18.5 Å². The SMILES string of the molecule is CC(CS(=O)(=O)CC(=O)c1ccncc1)C(=O)N([C@H](N)[C@@H](C)Cc1ccccc1)S(=O)(=O)c1ccc2scnc2c1. The van der Waals surface area contributed by atoms with Gasteiger partial charge in [0.1, 0.15) is 5.75 Å². The molecule has 3 atom stereocenters. The maximum atomic E-state index is 14.0. The van der Waals surface area contributed by atoms with E-state index in [2.05, 4.69) is 9.97 Å². The van der Waals surface area contributed by atoms with Gasteiger partial charge in [0.25, 0.3) is 10.0 Å². The van der Waals surface area contributed by atoms with Crippen molar-refractivity contribution >= 4 is 53.1 Å². The summed E-state index contributed by atoms with van der Waals surface area (Å²) in [5.74, 6) is -5.02. The second-order valence-electron chi connectivity index (χ2n) is 9.89. The average Bonchev–Trinajstić information content (AvgIpc) is 3.41. The van der Waals surface area contributed by atoms with Crippen LogP contribution in [0.25, 0.3) is 10.2 Å². The topological polar surface area (TPSA) is 157 Å². The van der Waals surface area contributed by atoms with E-state index in [0.29, 0.717) is 16.2 Å². The quantitative estimate of drug-likeness (QED) is 0.187. The van der Waals surface area contributed by atoms with Crippen molar-refractivity contribution < 1.29 is 26.4 Å². The first-order valence-electron chi connectivity index (χ1n) is 12.7. The predicted octanol–water partition coefficient (Wildman–Crippen LogP) is 3.31. The summed E-state index contributed by atoms with van der Waals surface area (Å²) in [6.45, 7) is 3.05. The summed E-state index contributed by atoms with van der Waals surface area (Å²) in [6, 6.07) is 16.4. The van der Waals surface area contributed by atoms with Crippen molar-refractivity contribution in [1.29, 1.82) is 0 Å². The minimum Gasteiger partial charge on any atom is -0.310 e. The number of ketones is 1. The normalized spacial score (nSPS) is 14.3. The van der Waals surface area contributed by atoms with Crippen LogP contribution in [0.5, 0.6) is 0 Å². The molecule has 0 aliphatic carbocycles. The minimum absolute atomic E-state index is 0.168. The third-order valence-corrected chi connectivity index (χ3v) is 10.9. The predicted molar refractivity (Wildman–Crippen MR) is 157 cm³/mol. The van der Waals surface area contributed by atoms with Crippen LogP contribution in [0.1, 0.15) is 29.8 Å². The number of benzene rings is 2. The third-order valence-electron chi connectivity index (χ3n) is 6.61. The Morgan fingerprint density at radius 3 is 2.34 bits per heavy atom. The number of sulfonamides is 1. The molecular weight excluding hydrogens is 585 g/mol. The van der Waals surface area contributed by atoms with Crippen molar-refractivity contribution in [1.82, 2.24) is 14.3 Å².